The molecule has 90 valence electrons. The summed E-state index contributed by atoms with van der Waals surface area (Å²) in [6, 6.07) is 5.08. The third-order valence-corrected chi connectivity index (χ3v) is 4.50. The van der Waals surface area contributed by atoms with Crippen LogP contribution in [0.1, 0.15) is 37.1 Å². The molecule has 0 spiro atoms. The Hall–Kier alpha value is -0.380. The Morgan fingerprint density at radius 3 is 3.06 bits per heavy atom. The standard InChI is InChI=1S/C13H22N2S/c1-2-4-12(13-5-3-8-16-13)15-7-6-11(9-14)10-15/h3,5,8,11-12H,2,4,6-7,9-10,14H2,1H3. The van der Waals surface area contributed by atoms with Crippen LogP contribution in [0.2, 0.25) is 0 Å². The molecule has 2 rings (SSSR count). The van der Waals surface area contributed by atoms with Gasteiger partial charge in [-0.15, -0.1) is 11.3 Å². The average molecular weight is 238 g/mol. The summed E-state index contributed by atoms with van der Waals surface area (Å²) in [4.78, 5) is 4.16. The fourth-order valence-corrected chi connectivity index (χ4v) is 3.49. The first-order valence-electron chi connectivity index (χ1n) is 6.32. The van der Waals surface area contributed by atoms with E-state index in [4.69, 9.17) is 5.73 Å². The van der Waals surface area contributed by atoms with E-state index in [9.17, 15) is 0 Å². The highest BCUT2D eigenvalue weighted by Gasteiger charge is 2.28. The minimum atomic E-state index is 0.640. The maximum atomic E-state index is 5.76. The molecular formula is C13H22N2S. The van der Waals surface area contributed by atoms with E-state index < -0.39 is 0 Å². The molecule has 3 heteroatoms. The van der Waals surface area contributed by atoms with E-state index in [2.05, 4.69) is 29.3 Å². The zero-order valence-corrected chi connectivity index (χ0v) is 10.9. The molecule has 1 aliphatic heterocycles. The van der Waals surface area contributed by atoms with Crippen LogP contribution >= 0.6 is 11.3 Å². The van der Waals surface area contributed by atoms with Crippen LogP contribution in [0.25, 0.3) is 0 Å². The van der Waals surface area contributed by atoms with Crippen LogP contribution in [-0.2, 0) is 0 Å². The average Bonchev–Trinajstić information content (AvgIpc) is 2.97. The first-order chi connectivity index (χ1) is 7.85. The molecular weight excluding hydrogens is 216 g/mol. The Kier molecular flexibility index (Phi) is 4.38. The van der Waals surface area contributed by atoms with E-state index in [1.807, 2.05) is 11.3 Å². The van der Waals surface area contributed by atoms with Gasteiger partial charge in [-0.1, -0.05) is 19.4 Å². The number of nitrogens with zero attached hydrogens (tertiary/aromatic N) is 1. The van der Waals surface area contributed by atoms with Gasteiger partial charge in [0.05, 0.1) is 0 Å². The smallest absolute Gasteiger partial charge is 0.0441 e. The predicted molar refractivity (Wildman–Crippen MR) is 70.7 cm³/mol. The molecule has 0 bridgehead atoms. The Bertz CT molecular complexity index is 297. The predicted octanol–water partition coefficient (Wildman–Crippen LogP) is 2.87. The van der Waals surface area contributed by atoms with Crippen molar-refractivity contribution in [1.82, 2.24) is 4.90 Å². The van der Waals surface area contributed by atoms with Crippen LogP contribution in [0.4, 0.5) is 0 Å². The van der Waals surface area contributed by atoms with Crippen LogP contribution in [0.3, 0.4) is 0 Å². The quantitative estimate of drug-likeness (QED) is 0.854. The molecule has 0 radical (unpaired) electrons. The summed E-state index contributed by atoms with van der Waals surface area (Å²) in [5, 5.41) is 2.19. The zero-order valence-electron chi connectivity index (χ0n) is 10.1. The second kappa shape index (κ2) is 5.80. The Balaban J connectivity index is 2.03. The molecule has 2 nitrogen and oxygen atoms in total. The lowest BCUT2D eigenvalue weighted by Crippen LogP contribution is -2.27. The van der Waals surface area contributed by atoms with Crippen LogP contribution in [-0.4, -0.2) is 24.5 Å². The fourth-order valence-electron chi connectivity index (χ4n) is 2.60. The number of nitrogens with two attached hydrogens (primary N) is 1. The first kappa shape index (κ1) is 12.1. The van der Waals surface area contributed by atoms with Crippen molar-refractivity contribution in [3.8, 4) is 0 Å². The Morgan fingerprint density at radius 2 is 2.50 bits per heavy atom. The highest BCUT2D eigenvalue weighted by molar-refractivity contribution is 7.10. The van der Waals surface area contributed by atoms with Crippen molar-refractivity contribution in [3.05, 3.63) is 22.4 Å². The normalized spacial score (nSPS) is 23.8. The molecule has 0 aliphatic carbocycles. The van der Waals surface area contributed by atoms with E-state index in [1.165, 1.54) is 37.2 Å². The van der Waals surface area contributed by atoms with Crippen molar-refractivity contribution < 1.29 is 0 Å². The van der Waals surface area contributed by atoms with Gasteiger partial charge in [-0.2, -0.15) is 0 Å². The Labute approximate surface area is 102 Å². The highest BCUT2D eigenvalue weighted by atomic mass is 32.1. The fraction of sp³-hybridized carbons (Fsp3) is 0.692. The van der Waals surface area contributed by atoms with E-state index >= 15 is 0 Å². The molecule has 0 amide bonds. The van der Waals surface area contributed by atoms with Crippen molar-refractivity contribution in [3.63, 3.8) is 0 Å². The van der Waals surface area contributed by atoms with Crippen LogP contribution in [0.5, 0.6) is 0 Å². The van der Waals surface area contributed by atoms with Crippen LogP contribution in [0, 0.1) is 5.92 Å². The SMILES string of the molecule is CCCC(c1cccs1)N1CCC(CN)C1. The topological polar surface area (TPSA) is 29.3 Å². The lowest BCUT2D eigenvalue weighted by molar-refractivity contribution is 0.227. The molecule has 1 saturated heterocycles. The van der Waals surface area contributed by atoms with E-state index in [1.54, 1.807) is 0 Å². The summed E-state index contributed by atoms with van der Waals surface area (Å²) in [7, 11) is 0. The van der Waals surface area contributed by atoms with Gasteiger partial charge in [-0.05, 0) is 43.3 Å². The molecule has 2 heterocycles. The number of hydrogen-bond donors (Lipinski definition) is 1. The number of likely N-dealkylation sites (tertiary alicyclic amines) is 1. The molecule has 1 aromatic rings. The van der Waals surface area contributed by atoms with Gasteiger partial charge in [-0.25, -0.2) is 0 Å². The molecule has 1 aromatic heterocycles. The Morgan fingerprint density at radius 1 is 1.62 bits per heavy atom. The van der Waals surface area contributed by atoms with Gasteiger partial charge < -0.3 is 5.73 Å². The van der Waals surface area contributed by atoms with Crippen molar-refractivity contribution >= 4 is 11.3 Å². The van der Waals surface area contributed by atoms with Gasteiger partial charge in [-0.3, -0.25) is 4.90 Å². The summed E-state index contributed by atoms with van der Waals surface area (Å²) in [6.07, 6.45) is 3.81. The van der Waals surface area contributed by atoms with E-state index in [0.29, 0.717) is 6.04 Å². The second-order valence-corrected chi connectivity index (χ2v) is 5.68. The number of rotatable bonds is 5. The monoisotopic (exact) mass is 238 g/mol. The molecule has 16 heavy (non-hydrogen) atoms. The molecule has 1 fully saturated rings. The largest absolute Gasteiger partial charge is 0.330 e. The van der Waals surface area contributed by atoms with E-state index in [0.717, 1.165) is 12.5 Å². The zero-order chi connectivity index (χ0) is 11.4. The third kappa shape index (κ3) is 2.65. The molecule has 0 saturated carbocycles. The first-order valence-corrected chi connectivity index (χ1v) is 7.20. The number of hydrogen-bond acceptors (Lipinski definition) is 3. The van der Waals surface area contributed by atoms with Crippen molar-refractivity contribution in [2.75, 3.05) is 19.6 Å². The summed E-state index contributed by atoms with van der Waals surface area (Å²) >= 11 is 1.89. The summed E-state index contributed by atoms with van der Waals surface area (Å²) < 4.78 is 0. The minimum absolute atomic E-state index is 0.640. The number of thiophene rings is 1. The second-order valence-electron chi connectivity index (χ2n) is 4.71. The minimum Gasteiger partial charge on any atom is -0.330 e. The molecule has 2 unspecified atom stereocenters. The summed E-state index contributed by atoms with van der Waals surface area (Å²) in [6.45, 7) is 5.54. The van der Waals surface area contributed by atoms with Crippen molar-refractivity contribution in [2.24, 2.45) is 11.7 Å². The van der Waals surface area contributed by atoms with E-state index in [-0.39, 0.29) is 0 Å². The van der Waals surface area contributed by atoms with Gasteiger partial charge in [0, 0.05) is 17.5 Å². The lowest BCUT2D eigenvalue weighted by atomic mass is 10.1. The van der Waals surface area contributed by atoms with Gasteiger partial charge in [0.15, 0.2) is 0 Å². The molecule has 0 aromatic carbocycles. The summed E-state index contributed by atoms with van der Waals surface area (Å²) in [5.74, 6) is 0.722. The summed E-state index contributed by atoms with van der Waals surface area (Å²) in [5.41, 5.74) is 5.76. The van der Waals surface area contributed by atoms with Crippen molar-refractivity contribution in [1.29, 1.82) is 0 Å². The van der Waals surface area contributed by atoms with Gasteiger partial charge in [0.25, 0.3) is 0 Å². The van der Waals surface area contributed by atoms with Crippen LogP contribution < -0.4 is 5.73 Å². The maximum Gasteiger partial charge on any atom is 0.0441 e. The molecule has 2 N–H and O–H groups in total. The van der Waals surface area contributed by atoms with Crippen molar-refractivity contribution in [2.45, 2.75) is 32.2 Å². The van der Waals surface area contributed by atoms with Gasteiger partial charge in [0.2, 0.25) is 0 Å². The third-order valence-electron chi connectivity index (χ3n) is 3.53. The van der Waals surface area contributed by atoms with Gasteiger partial charge in [0.1, 0.15) is 0 Å². The maximum absolute atomic E-state index is 5.76. The highest BCUT2D eigenvalue weighted by Crippen LogP contribution is 2.33. The molecule has 1 aliphatic rings. The lowest BCUT2D eigenvalue weighted by Gasteiger charge is -2.26. The molecule has 2 atom stereocenters. The van der Waals surface area contributed by atoms with Gasteiger partial charge >= 0.3 is 0 Å². The van der Waals surface area contributed by atoms with Crippen LogP contribution in [0.15, 0.2) is 17.5 Å².